The van der Waals surface area contributed by atoms with Crippen molar-refractivity contribution >= 4 is 20.0 Å². The number of hydrogen-bond acceptors (Lipinski definition) is 5. The smallest absolute Gasteiger partial charge is 0.240 e. The predicted molar refractivity (Wildman–Crippen MR) is 80.8 cm³/mol. The molecule has 120 valence electrons. The van der Waals surface area contributed by atoms with Crippen molar-refractivity contribution < 1.29 is 16.8 Å². The second-order valence-corrected chi connectivity index (χ2v) is 8.75. The molecule has 0 bridgehead atoms. The number of pyridine rings is 1. The number of sulfonamides is 2. The summed E-state index contributed by atoms with van der Waals surface area (Å²) in [5.74, 6) is 0. The number of hydrogen-bond donors (Lipinski definition) is 2. The summed E-state index contributed by atoms with van der Waals surface area (Å²) in [4.78, 5) is 4.19. The molecule has 1 unspecified atom stereocenters. The summed E-state index contributed by atoms with van der Waals surface area (Å²) >= 11 is 0. The van der Waals surface area contributed by atoms with Crippen molar-refractivity contribution in [3.63, 3.8) is 0 Å². The van der Waals surface area contributed by atoms with Gasteiger partial charge in [0.25, 0.3) is 0 Å². The van der Waals surface area contributed by atoms with Crippen LogP contribution in [0, 0.1) is 0 Å². The summed E-state index contributed by atoms with van der Waals surface area (Å²) in [5.41, 5.74) is 0.505. The van der Waals surface area contributed by atoms with Crippen molar-refractivity contribution in [1.29, 1.82) is 0 Å². The maximum atomic E-state index is 12.1. The molecule has 0 spiro atoms. The first kappa shape index (κ1) is 18.0. The van der Waals surface area contributed by atoms with Crippen LogP contribution < -0.4 is 9.44 Å². The minimum atomic E-state index is -3.58. The Balaban J connectivity index is 2.91. The van der Waals surface area contributed by atoms with Crippen molar-refractivity contribution in [2.75, 3.05) is 6.26 Å². The molecule has 0 aromatic carbocycles. The highest BCUT2D eigenvalue weighted by atomic mass is 32.2. The first-order chi connectivity index (χ1) is 9.49. The highest BCUT2D eigenvalue weighted by molar-refractivity contribution is 7.89. The maximum Gasteiger partial charge on any atom is 0.240 e. The molecule has 1 atom stereocenters. The van der Waals surface area contributed by atoms with Gasteiger partial charge in [-0.25, -0.2) is 26.3 Å². The Hall–Kier alpha value is -1.03. The van der Waals surface area contributed by atoms with E-state index in [0.29, 0.717) is 12.1 Å². The second kappa shape index (κ2) is 6.82. The van der Waals surface area contributed by atoms with Gasteiger partial charge >= 0.3 is 0 Å². The van der Waals surface area contributed by atoms with Gasteiger partial charge in [0.1, 0.15) is 0 Å². The van der Waals surface area contributed by atoms with Crippen LogP contribution in [0.1, 0.15) is 26.5 Å². The lowest BCUT2D eigenvalue weighted by Crippen LogP contribution is -2.33. The molecule has 0 aliphatic heterocycles. The minimum Gasteiger partial charge on any atom is -0.261 e. The van der Waals surface area contributed by atoms with E-state index in [4.69, 9.17) is 0 Å². The maximum absolute atomic E-state index is 12.1. The third-order valence-corrected chi connectivity index (χ3v) is 4.91. The van der Waals surface area contributed by atoms with E-state index in [1.807, 2.05) is 0 Å². The van der Waals surface area contributed by atoms with Gasteiger partial charge in [-0.05, 0) is 32.9 Å². The molecule has 9 heteroatoms. The summed E-state index contributed by atoms with van der Waals surface area (Å²) in [7, 11) is -6.89. The van der Waals surface area contributed by atoms with Crippen LogP contribution in [-0.4, -0.2) is 40.2 Å². The fourth-order valence-electron chi connectivity index (χ4n) is 1.83. The number of nitrogens with zero attached hydrogens (tertiary/aromatic N) is 1. The summed E-state index contributed by atoms with van der Waals surface area (Å²) in [5, 5.41) is 0. The number of nitrogens with one attached hydrogen (secondary N) is 2. The zero-order valence-corrected chi connectivity index (χ0v) is 14.1. The summed E-state index contributed by atoms with van der Waals surface area (Å²) in [6, 6.07) is 2.27. The minimum absolute atomic E-state index is 0.118. The Labute approximate surface area is 126 Å². The van der Waals surface area contributed by atoms with Crippen LogP contribution in [0.5, 0.6) is 0 Å². The molecule has 0 aliphatic rings. The third kappa shape index (κ3) is 6.51. The third-order valence-electron chi connectivity index (χ3n) is 2.42. The van der Waals surface area contributed by atoms with Gasteiger partial charge in [-0.1, -0.05) is 0 Å². The van der Waals surface area contributed by atoms with Gasteiger partial charge < -0.3 is 0 Å². The molecule has 0 radical (unpaired) electrons. The molecule has 0 fully saturated rings. The van der Waals surface area contributed by atoms with Crippen LogP contribution in [-0.2, 0) is 26.5 Å². The Bertz CT molecular complexity index is 684. The van der Waals surface area contributed by atoms with E-state index in [-0.39, 0.29) is 17.0 Å². The first-order valence-electron chi connectivity index (χ1n) is 6.44. The van der Waals surface area contributed by atoms with Crippen molar-refractivity contribution in [3.05, 3.63) is 24.0 Å². The van der Waals surface area contributed by atoms with Gasteiger partial charge in [0, 0.05) is 30.4 Å². The molecule has 7 nitrogen and oxygen atoms in total. The van der Waals surface area contributed by atoms with E-state index in [9.17, 15) is 16.8 Å². The molecule has 0 amide bonds. The number of aromatic nitrogens is 1. The average molecular weight is 335 g/mol. The largest absolute Gasteiger partial charge is 0.261 e. The van der Waals surface area contributed by atoms with Gasteiger partial charge in [-0.2, -0.15) is 0 Å². The van der Waals surface area contributed by atoms with Gasteiger partial charge in [-0.3, -0.25) is 4.98 Å². The van der Waals surface area contributed by atoms with Crippen molar-refractivity contribution in [3.8, 4) is 0 Å². The Morgan fingerprint density at radius 2 is 1.76 bits per heavy atom. The topological polar surface area (TPSA) is 105 Å². The Morgan fingerprint density at radius 1 is 1.14 bits per heavy atom. The van der Waals surface area contributed by atoms with Crippen LogP contribution in [0.2, 0.25) is 0 Å². The summed E-state index contributed by atoms with van der Waals surface area (Å²) in [6.07, 6.45) is 2.78. The van der Waals surface area contributed by atoms with Crippen molar-refractivity contribution in [2.24, 2.45) is 0 Å². The van der Waals surface area contributed by atoms with Crippen molar-refractivity contribution in [2.45, 2.75) is 44.2 Å². The SMILES string of the molecule is CC(C)NS(=O)(=O)c1ccnc(CC(C)NS(C)(=O)=O)c1. The number of rotatable bonds is 7. The van der Waals surface area contributed by atoms with E-state index in [1.165, 1.54) is 18.3 Å². The molecule has 0 saturated heterocycles. The van der Waals surface area contributed by atoms with Crippen LogP contribution >= 0.6 is 0 Å². The molecule has 1 aromatic heterocycles. The fourth-order valence-corrected chi connectivity index (χ4v) is 3.94. The lowest BCUT2D eigenvalue weighted by molar-refractivity contribution is 0.560. The molecular formula is C12H21N3O4S2. The molecule has 21 heavy (non-hydrogen) atoms. The zero-order valence-electron chi connectivity index (χ0n) is 12.5. The summed E-state index contributed by atoms with van der Waals surface area (Å²) in [6.45, 7) is 5.16. The average Bonchev–Trinajstić information content (AvgIpc) is 2.24. The van der Waals surface area contributed by atoms with Crippen molar-refractivity contribution in [1.82, 2.24) is 14.4 Å². The van der Waals surface area contributed by atoms with E-state index in [0.717, 1.165) is 6.26 Å². The summed E-state index contributed by atoms with van der Waals surface area (Å²) < 4.78 is 51.3. The molecular weight excluding hydrogens is 314 g/mol. The van der Waals surface area contributed by atoms with E-state index in [1.54, 1.807) is 20.8 Å². The standard InChI is InChI=1S/C12H21N3O4S2/c1-9(2)14-21(18,19)12-5-6-13-11(8-12)7-10(3)15-20(4,16)17/h5-6,8-10,14-15H,7H2,1-4H3. The molecule has 1 heterocycles. The molecule has 1 aromatic rings. The van der Waals surface area contributed by atoms with Crippen LogP contribution in [0.25, 0.3) is 0 Å². The van der Waals surface area contributed by atoms with Gasteiger partial charge in [0.2, 0.25) is 20.0 Å². The Kier molecular flexibility index (Phi) is 5.85. The quantitative estimate of drug-likeness (QED) is 0.743. The molecule has 2 N–H and O–H groups in total. The van der Waals surface area contributed by atoms with Crippen LogP contribution in [0.3, 0.4) is 0 Å². The molecule has 0 saturated carbocycles. The zero-order chi connectivity index (χ0) is 16.3. The van der Waals surface area contributed by atoms with Crippen LogP contribution in [0.15, 0.2) is 23.2 Å². The highest BCUT2D eigenvalue weighted by Gasteiger charge is 2.17. The molecule has 1 rings (SSSR count). The molecule has 0 aliphatic carbocycles. The van der Waals surface area contributed by atoms with Gasteiger partial charge in [-0.15, -0.1) is 0 Å². The van der Waals surface area contributed by atoms with Gasteiger partial charge in [0.05, 0.1) is 11.2 Å². The predicted octanol–water partition coefficient (Wildman–Crippen LogP) is 0.249. The lowest BCUT2D eigenvalue weighted by atomic mass is 10.2. The van der Waals surface area contributed by atoms with E-state index < -0.39 is 20.0 Å². The highest BCUT2D eigenvalue weighted by Crippen LogP contribution is 2.11. The second-order valence-electron chi connectivity index (χ2n) is 5.25. The fraction of sp³-hybridized carbons (Fsp3) is 0.583. The van der Waals surface area contributed by atoms with Crippen LogP contribution in [0.4, 0.5) is 0 Å². The lowest BCUT2D eigenvalue weighted by Gasteiger charge is -2.13. The van der Waals surface area contributed by atoms with E-state index in [2.05, 4.69) is 14.4 Å². The Morgan fingerprint density at radius 3 is 2.29 bits per heavy atom. The van der Waals surface area contributed by atoms with E-state index >= 15 is 0 Å². The first-order valence-corrected chi connectivity index (χ1v) is 9.81. The monoisotopic (exact) mass is 335 g/mol. The normalized spacial score (nSPS) is 14.3. The van der Waals surface area contributed by atoms with Gasteiger partial charge in [0.15, 0.2) is 0 Å².